The molecule has 0 atom stereocenters. The third kappa shape index (κ3) is 2.60. The van der Waals surface area contributed by atoms with Gasteiger partial charge in [-0.05, 0) is 25.0 Å². The highest BCUT2D eigenvalue weighted by molar-refractivity contribution is 7.92. The van der Waals surface area contributed by atoms with Crippen LogP contribution in [0, 0.1) is 11.7 Å². The summed E-state index contributed by atoms with van der Waals surface area (Å²) in [6.07, 6.45) is 4.21. The van der Waals surface area contributed by atoms with E-state index in [9.17, 15) is 27.5 Å². The molecule has 1 saturated carbocycles. The number of anilines is 1. The van der Waals surface area contributed by atoms with E-state index in [-0.39, 0.29) is 23.0 Å². The van der Waals surface area contributed by atoms with Crippen molar-refractivity contribution in [1.29, 1.82) is 0 Å². The molecule has 2 aromatic rings. The number of carbonyl (C=O) groups is 2. The number of aromatic hydroxyl groups is 1. The zero-order valence-electron chi connectivity index (χ0n) is 13.2. The van der Waals surface area contributed by atoms with Crippen molar-refractivity contribution in [3.63, 3.8) is 0 Å². The molecule has 1 saturated heterocycles. The lowest BCUT2D eigenvalue weighted by Gasteiger charge is -2.18. The minimum atomic E-state index is -4.29. The van der Waals surface area contributed by atoms with Crippen LogP contribution in [0.15, 0.2) is 24.5 Å². The first-order valence-corrected chi connectivity index (χ1v) is 9.16. The second-order valence-electron chi connectivity index (χ2n) is 6.12. The fraction of sp³-hybridized carbons (Fsp3) is 0.267. The number of carbonyl (C=O) groups excluding carboxylic acids is 2. The summed E-state index contributed by atoms with van der Waals surface area (Å²) in [5, 5.41) is 13.9. The van der Waals surface area contributed by atoms with Crippen molar-refractivity contribution >= 4 is 27.7 Å². The Hall–Kier alpha value is -2.95. The van der Waals surface area contributed by atoms with Gasteiger partial charge in [0.05, 0.1) is 6.20 Å². The quantitative estimate of drug-likeness (QED) is 0.805. The lowest BCUT2D eigenvalue weighted by Crippen LogP contribution is -2.30. The van der Waals surface area contributed by atoms with Crippen LogP contribution < -0.4 is 9.03 Å². The molecule has 9 nitrogen and oxygen atoms in total. The van der Waals surface area contributed by atoms with Crippen LogP contribution in [-0.4, -0.2) is 41.7 Å². The molecule has 1 aromatic carbocycles. The first-order valence-electron chi connectivity index (χ1n) is 7.72. The summed E-state index contributed by atoms with van der Waals surface area (Å²) in [5.41, 5.74) is -0.446. The molecule has 1 aliphatic carbocycles. The fourth-order valence-corrected chi connectivity index (χ4v) is 3.92. The van der Waals surface area contributed by atoms with Crippen molar-refractivity contribution in [1.82, 2.24) is 14.5 Å². The molecule has 2 heterocycles. The molecule has 0 radical (unpaired) electrons. The van der Waals surface area contributed by atoms with Crippen molar-refractivity contribution in [3.8, 4) is 16.9 Å². The van der Waals surface area contributed by atoms with Crippen molar-refractivity contribution in [2.75, 3.05) is 10.8 Å². The molecule has 26 heavy (non-hydrogen) atoms. The van der Waals surface area contributed by atoms with Gasteiger partial charge in [-0.15, -0.1) is 0 Å². The van der Waals surface area contributed by atoms with E-state index in [4.69, 9.17) is 0 Å². The predicted octanol–water partition coefficient (Wildman–Crippen LogP) is 0.626. The summed E-state index contributed by atoms with van der Waals surface area (Å²) in [7, 11) is -4.29. The van der Waals surface area contributed by atoms with Crippen LogP contribution in [0.1, 0.15) is 17.6 Å². The zero-order chi connectivity index (χ0) is 18.6. The van der Waals surface area contributed by atoms with Crippen LogP contribution in [0.25, 0.3) is 11.1 Å². The van der Waals surface area contributed by atoms with Crippen molar-refractivity contribution in [3.05, 3.63) is 30.3 Å². The number of nitrogens with one attached hydrogen (secondary N) is 1. The third-order valence-electron chi connectivity index (χ3n) is 4.21. The van der Waals surface area contributed by atoms with Crippen LogP contribution in [0.5, 0.6) is 5.75 Å². The summed E-state index contributed by atoms with van der Waals surface area (Å²) >= 11 is 0. The highest BCUT2D eigenvalue weighted by Gasteiger charge is 2.38. The number of halogens is 1. The van der Waals surface area contributed by atoms with E-state index in [0.717, 1.165) is 23.6 Å². The fourth-order valence-electron chi connectivity index (χ4n) is 2.76. The van der Waals surface area contributed by atoms with Crippen LogP contribution >= 0.6 is 0 Å². The largest absolute Gasteiger partial charge is 0.506 e. The second-order valence-corrected chi connectivity index (χ2v) is 7.71. The number of hydrogen-bond acceptors (Lipinski definition) is 6. The molecule has 2 fully saturated rings. The van der Waals surface area contributed by atoms with Gasteiger partial charge in [0.25, 0.3) is 5.91 Å². The minimum absolute atomic E-state index is 0.0535. The number of hydrogen-bond donors (Lipinski definition) is 2. The Morgan fingerprint density at radius 3 is 2.69 bits per heavy atom. The first kappa shape index (κ1) is 16.5. The molecule has 0 spiro atoms. The number of rotatable bonds is 3. The summed E-state index contributed by atoms with van der Waals surface area (Å²) in [5.74, 6) is -2.77. The summed E-state index contributed by atoms with van der Waals surface area (Å²) in [4.78, 5) is 23.4. The summed E-state index contributed by atoms with van der Waals surface area (Å²) in [6, 6.07) is 2.36. The molecule has 0 bridgehead atoms. The standard InChI is InChI=1S/C15H13FN4O5S/c16-13-10(9-5-17-19(6-9)15(23)8-1-2-8)3-4-11(21)14(13)20-7-12(22)18-26(20,24)25/h3-6,8,21H,1-2,7H2,(H,18,22). The van der Waals surface area contributed by atoms with Gasteiger partial charge in [-0.25, -0.2) is 18.1 Å². The predicted molar refractivity (Wildman–Crippen MR) is 87.0 cm³/mol. The number of amides is 1. The molecule has 1 amide bonds. The van der Waals surface area contributed by atoms with Gasteiger partial charge in [0.15, 0.2) is 5.82 Å². The lowest BCUT2D eigenvalue weighted by molar-refractivity contribution is -0.117. The monoisotopic (exact) mass is 380 g/mol. The summed E-state index contributed by atoms with van der Waals surface area (Å²) in [6.45, 7) is -0.643. The average molecular weight is 380 g/mol. The molecular formula is C15H13FN4O5S. The smallest absolute Gasteiger partial charge is 0.326 e. The van der Waals surface area contributed by atoms with E-state index in [1.165, 1.54) is 18.5 Å². The first-order chi connectivity index (χ1) is 12.3. The van der Waals surface area contributed by atoms with E-state index in [0.29, 0.717) is 4.31 Å². The van der Waals surface area contributed by atoms with Crippen molar-refractivity contribution < 1.29 is 27.5 Å². The van der Waals surface area contributed by atoms with E-state index < -0.39 is 39.9 Å². The van der Waals surface area contributed by atoms with Crippen LogP contribution in [-0.2, 0) is 15.0 Å². The number of nitrogens with zero attached hydrogens (tertiary/aromatic N) is 3. The van der Waals surface area contributed by atoms with Crippen LogP contribution in [0.2, 0.25) is 0 Å². The maximum atomic E-state index is 15.0. The summed E-state index contributed by atoms with van der Waals surface area (Å²) < 4.78 is 42.2. The molecule has 1 aliphatic heterocycles. The highest BCUT2D eigenvalue weighted by atomic mass is 32.2. The SMILES string of the molecule is O=C1CN(c2c(O)ccc(-c3cnn(C(=O)C4CC4)c3)c2F)S(=O)(=O)N1. The lowest BCUT2D eigenvalue weighted by atomic mass is 10.1. The molecule has 4 rings (SSSR count). The molecular weight excluding hydrogens is 367 g/mol. The maximum Gasteiger partial charge on any atom is 0.326 e. The highest BCUT2D eigenvalue weighted by Crippen LogP contribution is 2.39. The second kappa shape index (κ2) is 5.53. The molecule has 136 valence electrons. The zero-order valence-corrected chi connectivity index (χ0v) is 14.0. The van der Waals surface area contributed by atoms with Gasteiger partial charge in [0, 0.05) is 23.2 Å². The molecule has 11 heteroatoms. The van der Waals surface area contributed by atoms with Gasteiger partial charge < -0.3 is 5.11 Å². The number of phenols is 1. The van der Waals surface area contributed by atoms with E-state index in [1.54, 1.807) is 4.72 Å². The Morgan fingerprint density at radius 1 is 1.35 bits per heavy atom. The molecule has 1 aromatic heterocycles. The van der Waals surface area contributed by atoms with E-state index >= 15 is 0 Å². The Labute approximate surface area is 147 Å². The number of phenolic OH excluding ortho intramolecular Hbond substituents is 1. The van der Waals surface area contributed by atoms with Gasteiger partial charge in [0.1, 0.15) is 18.0 Å². The molecule has 2 N–H and O–H groups in total. The Morgan fingerprint density at radius 2 is 2.08 bits per heavy atom. The van der Waals surface area contributed by atoms with Crippen LogP contribution in [0.3, 0.4) is 0 Å². The topological polar surface area (TPSA) is 122 Å². The average Bonchev–Trinajstić information content (AvgIpc) is 3.23. The van der Waals surface area contributed by atoms with E-state index in [2.05, 4.69) is 5.10 Å². The molecule has 2 aliphatic rings. The van der Waals surface area contributed by atoms with Gasteiger partial charge >= 0.3 is 10.2 Å². The maximum absolute atomic E-state index is 15.0. The Kier molecular flexibility index (Phi) is 3.51. The van der Waals surface area contributed by atoms with Gasteiger partial charge in [-0.2, -0.15) is 13.5 Å². The van der Waals surface area contributed by atoms with Crippen LogP contribution in [0.4, 0.5) is 10.1 Å². The van der Waals surface area contributed by atoms with Crippen molar-refractivity contribution in [2.45, 2.75) is 12.8 Å². The third-order valence-corrected chi connectivity index (χ3v) is 5.59. The Balaban J connectivity index is 1.77. The molecule has 0 unspecified atom stereocenters. The minimum Gasteiger partial charge on any atom is -0.506 e. The number of aromatic nitrogens is 2. The van der Waals surface area contributed by atoms with Gasteiger partial charge in [0.2, 0.25) is 5.91 Å². The Bertz CT molecular complexity index is 1040. The van der Waals surface area contributed by atoms with Crippen molar-refractivity contribution in [2.24, 2.45) is 5.92 Å². The number of benzene rings is 1. The normalized spacial score (nSPS) is 18.8. The van der Waals surface area contributed by atoms with E-state index in [1.807, 2.05) is 0 Å². The van der Waals surface area contributed by atoms with Gasteiger partial charge in [-0.3, -0.25) is 9.59 Å². The van der Waals surface area contributed by atoms with Gasteiger partial charge in [-0.1, -0.05) is 0 Å².